The fourth-order valence-corrected chi connectivity index (χ4v) is 3.25. The predicted molar refractivity (Wildman–Crippen MR) is 133 cm³/mol. The van der Waals surface area contributed by atoms with Gasteiger partial charge in [-0.3, -0.25) is 4.98 Å². The Hall–Kier alpha value is -3.34. The van der Waals surface area contributed by atoms with Crippen LogP contribution in [0.25, 0.3) is 21.8 Å². The lowest BCUT2D eigenvalue weighted by Gasteiger charge is -2.06. The van der Waals surface area contributed by atoms with Gasteiger partial charge < -0.3 is 9.84 Å². The SMILES string of the molecule is Cl.ClCc1ccc2ccccc2n1.Oc1cccc(OCc2ccc3ccccc3n2)c1. The number of alkyl halides is 1. The second kappa shape index (κ2) is 11.3. The lowest BCUT2D eigenvalue weighted by molar-refractivity contribution is 0.300. The molecule has 32 heavy (non-hydrogen) atoms. The zero-order chi connectivity index (χ0) is 21.5. The molecule has 0 radical (unpaired) electrons. The van der Waals surface area contributed by atoms with E-state index in [0.717, 1.165) is 33.2 Å². The van der Waals surface area contributed by atoms with Crippen LogP contribution in [0, 0.1) is 0 Å². The number of aromatic hydroxyl groups is 1. The smallest absolute Gasteiger partial charge is 0.130 e. The summed E-state index contributed by atoms with van der Waals surface area (Å²) in [7, 11) is 0. The number of aromatic nitrogens is 2. The van der Waals surface area contributed by atoms with Gasteiger partial charge in [0.05, 0.1) is 28.3 Å². The number of phenolic OH excluding ortho intramolecular Hbond substituents is 1. The molecule has 3 aromatic carbocycles. The first kappa shape index (κ1) is 23.3. The van der Waals surface area contributed by atoms with Crippen LogP contribution in [0.15, 0.2) is 97.1 Å². The molecule has 0 saturated heterocycles. The highest BCUT2D eigenvalue weighted by Crippen LogP contribution is 2.19. The summed E-state index contributed by atoms with van der Waals surface area (Å²) in [5.74, 6) is 1.31. The van der Waals surface area contributed by atoms with E-state index >= 15 is 0 Å². The zero-order valence-electron chi connectivity index (χ0n) is 17.2. The number of pyridine rings is 2. The van der Waals surface area contributed by atoms with E-state index in [2.05, 4.69) is 9.97 Å². The third kappa shape index (κ3) is 6.10. The molecule has 4 nitrogen and oxygen atoms in total. The Bertz CT molecular complexity index is 1310. The summed E-state index contributed by atoms with van der Waals surface area (Å²) >= 11 is 5.66. The Labute approximate surface area is 197 Å². The van der Waals surface area contributed by atoms with Crippen molar-refractivity contribution in [2.45, 2.75) is 12.5 Å². The average Bonchev–Trinajstić information content (AvgIpc) is 2.83. The van der Waals surface area contributed by atoms with E-state index in [1.54, 1.807) is 24.3 Å². The molecule has 0 fully saturated rings. The van der Waals surface area contributed by atoms with Crippen LogP contribution in [-0.2, 0) is 12.5 Å². The molecule has 0 atom stereocenters. The predicted octanol–water partition coefficient (Wildman–Crippen LogP) is 6.91. The van der Waals surface area contributed by atoms with Gasteiger partial charge >= 0.3 is 0 Å². The highest BCUT2D eigenvalue weighted by molar-refractivity contribution is 6.16. The van der Waals surface area contributed by atoms with E-state index < -0.39 is 0 Å². The fraction of sp³-hybridized carbons (Fsp3) is 0.0769. The molecule has 0 bridgehead atoms. The maximum absolute atomic E-state index is 9.36. The van der Waals surface area contributed by atoms with Gasteiger partial charge in [-0.1, -0.05) is 54.6 Å². The summed E-state index contributed by atoms with van der Waals surface area (Å²) in [6, 6.07) is 30.7. The molecular weight excluding hydrogens is 443 g/mol. The quantitative estimate of drug-likeness (QED) is 0.293. The van der Waals surface area contributed by atoms with E-state index in [1.165, 1.54) is 0 Å². The third-order valence-corrected chi connectivity index (χ3v) is 4.93. The van der Waals surface area contributed by atoms with Gasteiger partial charge in [0.25, 0.3) is 0 Å². The van der Waals surface area contributed by atoms with Crippen LogP contribution in [-0.4, -0.2) is 15.1 Å². The number of rotatable bonds is 4. The van der Waals surface area contributed by atoms with Crippen LogP contribution < -0.4 is 4.74 Å². The minimum absolute atomic E-state index is 0. The van der Waals surface area contributed by atoms with Crippen molar-refractivity contribution in [1.29, 1.82) is 0 Å². The molecule has 0 amide bonds. The Morgan fingerprint density at radius 1 is 0.688 bits per heavy atom. The van der Waals surface area contributed by atoms with Gasteiger partial charge in [-0.25, -0.2) is 4.98 Å². The van der Waals surface area contributed by atoms with E-state index in [0.29, 0.717) is 18.2 Å². The maximum Gasteiger partial charge on any atom is 0.130 e. The second-order valence-corrected chi connectivity index (χ2v) is 7.18. The average molecular weight is 465 g/mol. The minimum atomic E-state index is 0. The van der Waals surface area contributed by atoms with Crippen molar-refractivity contribution in [1.82, 2.24) is 9.97 Å². The summed E-state index contributed by atoms with van der Waals surface area (Å²) in [6.07, 6.45) is 0. The number of phenols is 1. The molecule has 6 heteroatoms. The number of para-hydroxylation sites is 2. The van der Waals surface area contributed by atoms with Crippen LogP contribution in [0.2, 0.25) is 0 Å². The van der Waals surface area contributed by atoms with Crippen LogP contribution in [0.4, 0.5) is 0 Å². The lowest BCUT2D eigenvalue weighted by Crippen LogP contribution is -1.98. The van der Waals surface area contributed by atoms with Crippen molar-refractivity contribution in [2.75, 3.05) is 0 Å². The number of hydrogen-bond acceptors (Lipinski definition) is 4. The summed E-state index contributed by atoms with van der Waals surface area (Å²) in [5.41, 5.74) is 3.76. The van der Waals surface area contributed by atoms with Crippen molar-refractivity contribution in [3.05, 3.63) is 108 Å². The Balaban J connectivity index is 0.000000193. The number of nitrogens with zero attached hydrogens (tertiary/aromatic N) is 2. The molecular formula is C26H22Cl2N2O2. The van der Waals surface area contributed by atoms with Gasteiger partial charge in [0, 0.05) is 16.8 Å². The number of benzene rings is 3. The van der Waals surface area contributed by atoms with E-state index in [1.807, 2.05) is 72.8 Å². The summed E-state index contributed by atoms with van der Waals surface area (Å²) < 4.78 is 5.60. The highest BCUT2D eigenvalue weighted by Gasteiger charge is 2.00. The molecule has 0 aliphatic carbocycles. The van der Waals surface area contributed by atoms with Crippen LogP contribution in [0.3, 0.4) is 0 Å². The summed E-state index contributed by atoms with van der Waals surface area (Å²) in [6.45, 7) is 0.383. The molecule has 1 N–H and O–H groups in total. The number of hydrogen-bond donors (Lipinski definition) is 1. The first-order valence-electron chi connectivity index (χ1n) is 9.88. The molecule has 0 aliphatic rings. The molecule has 0 aliphatic heterocycles. The Morgan fingerprint density at radius 3 is 1.91 bits per heavy atom. The zero-order valence-corrected chi connectivity index (χ0v) is 18.8. The number of ether oxygens (including phenoxy) is 1. The molecule has 5 rings (SSSR count). The highest BCUT2D eigenvalue weighted by atomic mass is 35.5. The molecule has 162 valence electrons. The molecule has 0 spiro atoms. The maximum atomic E-state index is 9.36. The molecule has 0 saturated carbocycles. The van der Waals surface area contributed by atoms with Crippen molar-refractivity contribution in [2.24, 2.45) is 0 Å². The van der Waals surface area contributed by atoms with Gasteiger partial charge in [-0.2, -0.15) is 0 Å². The van der Waals surface area contributed by atoms with Crippen molar-refractivity contribution < 1.29 is 9.84 Å². The minimum Gasteiger partial charge on any atom is -0.508 e. The topological polar surface area (TPSA) is 55.2 Å². The third-order valence-electron chi connectivity index (χ3n) is 4.65. The van der Waals surface area contributed by atoms with Crippen LogP contribution in [0.1, 0.15) is 11.4 Å². The van der Waals surface area contributed by atoms with E-state index in [-0.39, 0.29) is 18.2 Å². The van der Waals surface area contributed by atoms with Gasteiger partial charge in [-0.05, 0) is 36.4 Å². The lowest BCUT2D eigenvalue weighted by atomic mass is 10.2. The molecule has 2 aromatic heterocycles. The molecule has 5 aromatic rings. The van der Waals surface area contributed by atoms with Crippen LogP contribution in [0.5, 0.6) is 11.5 Å². The summed E-state index contributed by atoms with van der Waals surface area (Å²) in [4.78, 5) is 8.89. The van der Waals surface area contributed by atoms with Crippen molar-refractivity contribution in [3.63, 3.8) is 0 Å². The Kier molecular flexibility index (Phi) is 8.26. The monoisotopic (exact) mass is 464 g/mol. The van der Waals surface area contributed by atoms with Gasteiger partial charge in [-0.15, -0.1) is 24.0 Å². The number of fused-ring (bicyclic) bond motifs is 2. The fourth-order valence-electron chi connectivity index (χ4n) is 3.10. The van der Waals surface area contributed by atoms with Gasteiger partial charge in [0.1, 0.15) is 18.1 Å². The first-order chi connectivity index (χ1) is 15.2. The summed E-state index contributed by atoms with van der Waals surface area (Å²) in [5, 5.41) is 11.6. The van der Waals surface area contributed by atoms with Gasteiger partial charge in [0.2, 0.25) is 0 Å². The standard InChI is InChI=1S/C16H13NO2.C10H8ClN.ClH/c18-14-5-3-6-15(10-14)19-11-13-9-8-12-4-1-2-7-16(12)17-13;11-7-9-6-5-8-3-1-2-4-10(8)12-9;/h1-10,18H,11H2;1-6H,7H2;1H. The second-order valence-electron chi connectivity index (χ2n) is 6.91. The van der Waals surface area contributed by atoms with E-state index in [4.69, 9.17) is 16.3 Å². The number of halogens is 2. The van der Waals surface area contributed by atoms with E-state index in [9.17, 15) is 5.11 Å². The van der Waals surface area contributed by atoms with Crippen LogP contribution >= 0.6 is 24.0 Å². The molecule has 2 heterocycles. The first-order valence-corrected chi connectivity index (χ1v) is 10.4. The van der Waals surface area contributed by atoms with Crippen molar-refractivity contribution in [3.8, 4) is 11.5 Å². The normalized spacial score (nSPS) is 10.2. The Morgan fingerprint density at radius 2 is 1.28 bits per heavy atom. The van der Waals surface area contributed by atoms with Gasteiger partial charge in [0.15, 0.2) is 0 Å². The molecule has 0 unspecified atom stereocenters. The largest absolute Gasteiger partial charge is 0.508 e. The van der Waals surface area contributed by atoms with Crippen molar-refractivity contribution >= 4 is 45.8 Å².